The van der Waals surface area contributed by atoms with Crippen LogP contribution in [0.2, 0.25) is 0 Å². The number of nitrogens with zero attached hydrogens (tertiary/aromatic N) is 1. The van der Waals surface area contributed by atoms with E-state index >= 15 is 0 Å². The van der Waals surface area contributed by atoms with Crippen LogP contribution in [0.3, 0.4) is 0 Å². The van der Waals surface area contributed by atoms with Crippen molar-refractivity contribution in [2.24, 2.45) is 0 Å². The molecule has 1 aliphatic rings. The third kappa shape index (κ3) is 4.81. The van der Waals surface area contributed by atoms with Crippen LogP contribution in [-0.2, 0) is 9.59 Å². The SMILES string of the molecule is CCCCCCCCCCN1C(=O)C(Cl)=C(Cl)C1=O. The van der Waals surface area contributed by atoms with Gasteiger partial charge >= 0.3 is 0 Å². The fourth-order valence-electron chi connectivity index (χ4n) is 2.12. The first-order valence-corrected chi connectivity index (χ1v) is 7.76. The maximum absolute atomic E-state index is 11.6. The number of carbonyl (C=O) groups excluding carboxylic acids is 2. The highest BCUT2D eigenvalue weighted by Crippen LogP contribution is 2.26. The predicted octanol–water partition coefficient (Wildman–Crippen LogP) is 4.19. The number of unbranched alkanes of at least 4 members (excludes halogenated alkanes) is 7. The third-order valence-electron chi connectivity index (χ3n) is 3.29. The lowest BCUT2D eigenvalue weighted by Crippen LogP contribution is -2.32. The first-order chi connectivity index (χ1) is 9.09. The van der Waals surface area contributed by atoms with E-state index in [0.29, 0.717) is 6.54 Å². The van der Waals surface area contributed by atoms with Gasteiger partial charge in [-0.3, -0.25) is 14.5 Å². The second-order valence-electron chi connectivity index (χ2n) is 4.86. The first-order valence-electron chi connectivity index (χ1n) is 7.01. The van der Waals surface area contributed by atoms with E-state index in [4.69, 9.17) is 23.2 Å². The van der Waals surface area contributed by atoms with Gasteiger partial charge in [0.2, 0.25) is 0 Å². The molecule has 19 heavy (non-hydrogen) atoms. The molecule has 0 fully saturated rings. The average molecular weight is 306 g/mol. The normalized spacial score (nSPS) is 15.8. The highest BCUT2D eigenvalue weighted by Gasteiger charge is 2.35. The van der Waals surface area contributed by atoms with Crippen LogP contribution < -0.4 is 0 Å². The van der Waals surface area contributed by atoms with E-state index < -0.39 is 11.8 Å². The van der Waals surface area contributed by atoms with Crippen LogP contribution in [0.4, 0.5) is 0 Å². The Morgan fingerprint density at radius 1 is 0.789 bits per heavy atom. The minimum atomic E-state index is -0.459. The molecule has 5 heteroatoms. The molecule has 3 nitrogen and oxygen atoms in total. The van der Waals surface area contributed by atoms with Gasteiger partial charge in [0, 0.05) is 6.54 Å². The average Bonchev–Trinajstić information content (AvgIpc) is 2.59. The van der Waals surface area contributed by atoms with Crippen molar-refractivity contribution in [2.75, 3.05) is 6.54 Å². The van der Waals surface area contributed by atoms with Gasteiger partial charge in [0.25, 0.3) is 11.8 Å². The fraction of sp³-hybridized carbons (Fsp3) is 0.714. The van der Waals surface area contributed by atoms with E-state index in [1.807, 2.05) is 0 Å². The van der Waals surface area contributed by atoms with Gasteiger partial charge in [-0.1, -0.05) is 75.1 Å². The molecule has 0 N–H and O–H groups in total. The molecule has 2 amide bonds. The summed E-state index contributed by atoms with van der Waals surface area (Å²) in [6.45, 7) is 2.62. The van der Waals surface area contributed by atoms with Crippen molar-refractivity contribution in [1.29, 1.82) is 0 Å². The lowest BCUT2D eigenvalue weighted by atomic mass is 10.1. The number of rotatable bonds is 9. The monoisotopic (exact) mass is 305 g/mol. The third-order valence-corrected chi connectivity index (χ3v) is 4.09. The molecule has 1 rings (SSSR count). The van der Waals surface area contributed by atoms with E-state index in [0.717, 1.165) is 24.2 Å². The smallest absolute Gasteiger partial charge is 0.273 e. The van der Waals surface area contributed by atoms with E-state index in [-0.39, 0.29) is 10.1 Å². The minimum Gasteiger partial charge on any atom is -0.273 e. The van der Waals surface area contributed by atoms with Crippen LogP contribution in [0, 0.1) is 0 Å². The Kier molecular flexibility index (Phi) is 7.47. The first kappa shape index (κ1) is 16.5. The summed E-state index contributed by atoms with van der Waals surface area (Å²) in [4.78, 5) is 24.3. The summed E-state index contributed by atoms with van der Waals surface area (Å²) in [6.07, 6.45) is 9.35. The van der Waals surface area contributed by atoms with Crippen molar-refractivity contribution in [1.82, 2.24) is 4.90 Å². The Labute approximate surface area is 124 Å². The molecule has 0 aromatic rings. The molecule has 0 aromatic carbocycles. The standard InChI is InChI=1S/C14H21Cl2NO2/c1-2-3-4-5-6-7-8-9-10-17-13(18)11(15)12(16)14(17)19/h2-10H2,1H3. The molecule has 0 unspecified atom stereocenters. The van der Waals surface area contributed by atoms with Gasteiger partial charge in [-0.05, 0) is 6.42 Å². The van der Waals surface area contributed by atoms with Gasteiger partial charge in [-0.25, -0.2) is 0 Å². The lowest BCUT2D eigenvalue weighted by molar-refractivity contribution is -0.137. The van der Waals surface area contributed by atoms with Crippen LogP contribution in [0.5, 0.6) is 0 Å². The highest BCUT2D eigenvalue weighted by molar-refractivity contribution is 6.58. The molecular formula is C14H21Cl2NO2. The number of halogens is 2. The van der Waals surface area contributed by atoms with Crippen molar-refractivity contribution in [2.45, 2.75) is 58.3 Å². The van der Waals surface area contributed by atoms with E-state index in [2.05, 4.69) is 6.92 Å². The predicted molar refractivity (Wildman–Crippen MR) is 78.1 cm³/mol. The van der Waals surface area contributed by atoms with Crippen molar-refractivity contribution in [3.63, 3.8) is 0 Å². The number of carbonyl (C=O) groups is 2. The van der Waals surface area contributed by atoms with Gasteiger partial charge in [-0.15, -0.1) is 0 Å². The minimum absolute atomic E-state index is 0.147. The summed E-state index contributed by atoms with van der Waals surface area (Å²) in [5.41, 5.74) is 0. The summed E-state index contributed by atoms with van der Waals surface area (Å²) in [5, 5.41) is -0.294. The molecule has 0 atom stereocenters. The number of hydrogen-bond donors (Lipinski definition) is 0. The molecular weight excluding hydrogens is 285 g/mol. The van der Waals surface area contributed by atoms with Crippen LogP contribution in [-0.4, -0.2) is 23.3 Å². The number of imide groups is 1. The van der Waals surface area contributed by atoms with Crippen LogP contribution >= 0.6 is 23.2 Å². The Balaban J connectivity index is 2.11. The molecule has 0 saturated carbocycles. The Hall–Kier alpha value is -0.540. The molecule has 108 valence electrons. The van der Waals surface area contributed by atoms with Gasteiger partial charge in [0.1, 0.15) is 10.1 Å². The molecule has 0 radical (unpaired) electrons. The second-order valence-corrected chi connectivity index (χ2v) is 5.62. The van der Waals surface area contributed by atoms with Crippen molar-refractivity contribution >= 4 is 35.0 Å². The van der Waals surface area contributed by atoms with Crippen molar-refractivity contribution in [3.05, 3.63) is 10.1 Å². The van der Waals surface area contributed by atoms with Crippen molar-refractivity contribution < 1.29 is 9.59 Å². The van der Waals surface area contributed by atoms with Gasteiger partial charge in [0.15, 0.2) is 0 Å². The second kappa shape index (κ2) is 8.60. The van der Waals surface area contributed by atoms with Gasteiger partial charge in [-0.2, -0.15) is 0 Å². The molecule has 0 aromatic heterocycles. The summed E-state index contributed by atoms with van der Waals surface area (Å²) in [5.74, 6) is -0.917. The molecule has 0 aliphatic carbocycles. The Bertz CT molecular complexity index is 342. The zero-order chi connectivity index (χ0) is 14.3. The summed E-state index contributed by atoms with van der Waals surface area (Å²) in [7, 11) is 0. The maximum atomic E-state index is 11.6. The maximum Gasteiger partial charge on any atom is 0.274 e. The number of amides is 2. The van der Waals surface area contributed by atoms with Gasteiger partial charge in [0.05, 0.1) is 0 Å². The van der Waals surface area contributed by atoms with E-state index in [1.54, 1.807) is 0 Å². The zero-order valence-electron chi connectivity index (χ0n) is 11.4. The summed E-state index contributed by atoms with van der Waals surface area (Å²) in [6, 6.07) is 0. The highest BCUT2D eigenvalue weighted by atomic mass is 35.5. The van der Waals surface area contributed by atoms with Crippen LogP contribution in [0.1, 0.15) is 58.3 Å². The largest absolute Gasteiger partial charge is 0.274 e. The summed E-state index contributed by atoms with van der Waals surface area (Å²) >= 11 is 11.3. The Morgan fingerprint density at radius 3 is 1.68 bits per heavy atom. The Morgan fingerprint density at radius 2 is 1.21 bits per heavy atom. The van der Waals surface area contributed by atoms with Crippen LogP contribution in [0.25, 0.3) is 0 Å². The number of hydrogen-bond acceptors (Lipinski definition) is 2. The van der Waals surface area contributed by atoms with E-state index in [9.17, 15) is 9.59 Å². The lowest BCUT2D eigenvalue weighted by Gasteiger charge is -2.13. The van der Waals surface area contributed by atoms with Crippen molar-refractivity contribution in [3.8, 4) is 0 Å². The topological polar surface area (TPSA) is 37.4 Å². The molecule has 1 heterocycles. The van der Waals surface area contributed by atoms with Crippen LogP contribution in [0.15, 0.2) is 10.1 Å². The summed E-state index contributed by atoms with van der Waals surface area (Å²) < 4.78 is 0. The molecule has 0 bridgehead atoms. The quantitative estimate of drug-likeness (QED) is 0.473. The molecule has 1 aliphatic heterocycles. The van der Waals surface area contributed by atoms with Gasteiger partial charge < -0.3 is 0 Å². The zero-order valence-corrected chi connectivity index (χ0v) is 12.9. The molecule has 0 saturated heterocycles. The molecule has 0 spiro atoms. The van der Waals surface area contributed by atoms with E-state index in [1.165, 1.54) is 32.1 Å². The fourth-order valence-corrected chi connectivity index (χ4v) is 2.49.